The van der Waals surface area contributed by atoms with E-state index in [1.165, 1.54) is 89.9 Å². The van der Waals surface area contributed by atoms with Gasteiger partial charge in [-0.15, -0.1) is 0 Å². The van der Waals surface area contributed by atoms with Crippen LogP contribution in [0.15, 0.2) is 60.8 Å². The van der Waals surface area contributed by atoms with E-state index in [1.54, 1.807) is 6.08 Å². The molecule has 10 heteroatoms. The molecule has 1 amide bonds. The van der Waals surface area contributed by atoms with Crippen LogP contribution in [0.2, 0.25) is 0 Å². The molecule has 0 aromatic heterocycles. The van der Waals surface area contributed by atoms with Gasteiger partial charge < -0.3 is 26.2 Å². The molecule has 0 aliphatic carbocycles. The first-order valence-corrected chi connectivity index (χ1v) is 24.0. The molecule has 9 nitrogen and oxygen atoms in total. The number of aliphatic hydroxyl groups excluding tert-OH is 2. The van der Waals surface area contributed by atoms with E-state index >= 15 is 0 Å². The number of phosphoric acid groups is 1. The summed E-state index contributed by atoms with van der Waals surface area (Å²) in [5.74, 6) is -0.474. The fraction of sp³-hybridized carbons (Fsp3) is 0.761. The lowest BCUT2D eigenvalue weighted by molar-refractivity contribution is -0.124. The zero-order valence-electron chi connectivity index (χ0n) is 35.7. The summed E-state index contributed by atoms with van der Waals surface area (Å²) in [6.07, 6.45) is 48.8. The minimum absolute atomic E-state index is 0.0375. The summed E-state index contributed by atoms with van der Waals surface area (Å²) in [5, 5.41) is 24.0. The van der Waals surface area contributed by atoms with Gasteiger partial charge in [0.15, 0.2) is 0 Å². The molecule has 0 saturated heterocycles. The molecular weight excluding hydrogens is 723 g/mol. The summed E-state index contributed by atoms with van der Waals surface area (Å²) in [4.78, 5) is 22.7. The molecule has 6 N–H and O–H groups in total. The van der Waals surface area contributed by atoms with Gasteiger partial charge in [0, 0.05) is 6.54 Å². The molecule has 0 fully saturated rings. The number of nitrogens with one attached hydrogen (secondary N) is 1. The second-order valence-electron chi connectivity index (χ2n) is 15.1. The van der Waals surface area contributed by atoms with Crippen LogP contribution in [0.4, 0.5) is 0 Å². The van der Waals surface area contributed by atoms with Gasteiger partial charge in [0.25, 0.3) is 0 Å². The highest BCUT2D eigenvalue weighted by atomic mass is 31.2. The highest BCUT2D eigenvalue weighted by molar-refractivity contribution is 7.47. The lowest BCUT2D eigenvalue weighted by atomic mass is 10.0. The molecular formula is C46H85N2O7P. The van der Waals surface area contributed by atoms with E-state index in [0.29, 0.717) is 12.8 Å². The van der Waals surface area contributed by atoms with E-state index in [2.05, 4.69) is 67.8 Å². The highest BCUT2D eigenvalue weighted by Crippen LogP contribution is 2.43. The first-order chi connectivity index (χ1) is 27.3. The third kappa shape index (κ3) is 39.0. The van der Waals surface area contributed by atoms with Gasteiger partial charge in [-0.25, -0.2) is 4.57 Å². The quantitative estimate of drug-likeness (QED) is 0.0177. The molecule has 0 radical (unpaired) electrons. The van der Waals surface area contributed by atoms with Crippen molar-refractivity contribution in [3.8, 4) is 0 Å². The van der Waals surface area contributed by atoms with Gasteiger partial charge in [0.1, 0.15) is 0 Å². The van der Waals surface area contributed by atoms with E-state index < -0.39 is 38.6 Å². The predicted molar refractivity (Wildman–Crippen MR) is 236 cm³/mol. The van der Waals surface area contributed by atoms with Gasteiger partial charge in [-0.1, -0.05) is 171 Å². The third-order valence-corrected chi connectivity index (χ3v) is 10.6. The number of allylic oxidation sites excluding steroid dienone is 9. The minimum Gasteiger partial charge on any atom is -0.393 e. The highest BCUT2D eigenvalue weighted by Gasteiger charge is 2.27. The summed E-state index contributed by atoms with van der Waals surface area (Å²) in [5.41, 5.74) is 5.36. The molecule has 0 aliphatic heterocycles. The van der Waals surface area contributed by atoms with Crippen molar-refractivity contribution in [1.29, 1.82) is 0 Å². The maximum absolute atomic E-state index is 12.8. The number of carbonyl (C=O) groups excluding carboxylic acids is 1. The molecule has 0 bridgehead atoms. The van der Waals surface area contributed by atoms with Gasteiger partial charge in [0.2, 0.25) is 5.91 Å². The van der Waals surface area contributed by atoms with Crippen molar-refractivity contribution in [3.05, 3.63) is 60.8 Å². The Morgan fingerprint density at radius 3 is 1.62 bits per heavy atom. The van der Waals surface area contributed by atoms with E-state index in [0.717, 1.165) is 64.2 Å². The molecule has 0 spiro atoms. The summed E-state index contributed by atoms with van der Waals surface area (Å²) in [7, 11) is -4.42. The molecule has 4 unspecified atom stereocenters. The molecule has 0 rings (SSSR count). The zero-order chi connectivity index (χ0) is 41.2. The van der Waals surface area contributed by atoms with Crippen molar-refractivity contribution in [3.63, 3.8) is 0 Å². The van der Waals surface area contributed by atoms with Crippen LogP contribution < -0.4 is 11.1 Å². The summed E-state index contributed by atoms with van der Waals surface area (Å²) in [6.45, 7) is 3.89. The molecule has 0 saturated carbocycles. The molecule has 4 atom stereocenters. The van der Waals surface area contributed by atoms with Crippen molar-refractivity contribution >= 4 is 13.7 Å². The second-order valence-corrected chi connectivity index (χ2v) is 16.6. The Morgan fingerprint density at radius 1 is 0.625 bits per heavy atom. The molecule has 326 valence electrons. The zero-order valence-corrected chi connectivity index (χ0v) is 36.6. The topological polar surface area (TPSA) is 151 Å². The average Bonchev–Trinajstić information content (AvgIpc) is 3.17. The van der Waals surface area contributed by atoms with E-state index in [1.807, 2.05) is 6.08 Å². The SMILES string of the molecule is CCCCC/C=C\C=C/CCCCCCC(O)CC(=O)NC(COP(=O)(O)OCCN)C(O)/C=C/CC/C=C/CC/C=C/CCCCCCCCCCCCC. The summed E-state index contributed by atoms with van der Waals surface area (Å²) < 4.78 is 22.1. The number of rotatable bonds is 41. The van der Waals surface area contributed by atoms with Gasteiger partial charge in [-0.3, -0.25) is 13.8 Å². The van der Waals surface area contributed by atoms with Crippen molar-refractivity contribution in [2.24, 2.45) is 5.73 Å². The average molecular weight is 809 g/mol. The lowest BCUT2D eigenvalue weighted by Crippen LogP contribution is -2.46. The Morgan fingerprint density at radius 2 is 1.07 bits per heavy atom. The van der Waals surface area contributed by atoms with E-state index in [4.69, 9.17) is 14.8 Å². The normalized spacial score (nSPS) is 15.2. The van der Waals surface area contributed by atoms with Gasteiger partial charge in [-0.05, 0) is 70.6 Å². The minimum atomic E-state index is -4.42. The van der Waals surface area contributed by atoms with Crippen LogP contribution >= 0.6 is 7.82 Å². The van der Waals surface area contributed by atoms with Crippen LogP contribution in [0.3, 0.4) is 0 Å². The Kier molecular flexibility index (Phi) is 40.0. The molecule has 0 aromatic carbocycles. The van der Waals surface area contributed by atoms with Gasteiger partial charge in [-0.2, -0.15) is 0 Å². The van der Waals surface area contributed by atoms with E-state index in [-0.39, 0.29) is 19.6 Å². The fourth-order valence-electron chi connectivity index (χ4n) is 6.20. The largest absolute Gasteiger partial charge is 0.472 e. The first-order valence-electron chi connectivity index (χ1n) is 22.5. The van der Waals surface area contributed by atoms with Crippen molar-refractivity contribution in [2.75, 3.05) is 19.8 Å². The summed E-state index contributed by atoms with van der Waals surface area (Å²) >= 11 is 0. The standard InChI is InChI=1S/C46H85N2O7P/c1-3-5-7-9-11-13-15-17-18-19-20-21-22-23-24-26-28-30-32-34-36-38-45(50)44(42-55-56(52,53)54-40-39-47)48-46(51)41-43(49)37-35-33-31-29-27-25-16-14-12-10-8-6-4-2/h12,14,16,22-23,25,28,30,36,38,43-45,49-50H,3-11,13,15,17-21,24,26-27,29,31-35,37,39-42,47H2,1-2H3,(H,48,51)(H,52,53)/b14-12-,23-22+,25-16-,30-28+,38-36+. The van der Waals surface area contributed by atoms with Crippen LogP contribution in [0.1, 0.15) is 187 Å². The molecule has 0 aromatic rings. The van der Waals surface area contributed by atoms with Crippen molar-refractivity contribution in [2.45, 2.75) is 205 Å². The Hall–Kier alpha value is -1.84. The Labute approximate surface area is 343 Å². The van der Waals surface area contributed by atoms with Gasteiger partial charge >= 0.3 is 7.82 Å². The monoisotopic (exact) mass is 809 g/mol. The molecule has 56 heavy (non-hydrogen) atoms. The van der Waals surface area contributed by atoms with Crippen LogP contribution in [-0.4, -0.2) is 59.0 Å². The van der Waals surface area contributed by atoms with Crippen LogP contribution in [-0.2, 0) is 18.4 Å². The smallest absolute Gasteiger partial charge is 0.393 e. The number of carbonyl (C=O) groups is 1. The molecule has 0 aliphatic rings. The number of aliphatic hydroxyl groups is 2. The van der Waals surface area contributed by atoms with Gasteiger partial charge in [0.05, 0.1) is 37.9 Å². The number of nitrogens with two attached hydrogens (primary N) is 1. The maximum Gasteiger partial charge on any atom is 0.472 e. The van der Waals surface area contributed by atoms with Crippen LogP contribution in [0.25, 0.3) is 0 Å². The Bertz CT molecular complexity index is 1080. The maximum atomic E-state index is 12.8. The number of hydrogen-bond acceptors (Lipinski definition) is 7. The van der Waals surface area contributed by atoms with Crippen LogP contribution in [0.5, 0.6) is 0 Å². The third-order valence-electron chi connectivity index (χ3n) is 9.63. The van der Waals surface area contributed by atoms with Crippen molar-refractivity contribution < 1.29 is 33.5 Å². The number of phosphoric ester groups is 1. The van der Waals surface area contributed by atoms with Crippen LogP contribution in [0, 0.1) is 0 Å². The molecule has 0 heterocycles. The number of amides is 1. The second kappa shape index (κ2) is 41.3. The fourth-order valence-corrected chi connectivity index (χ4v) is 6.96. The lowest BCUT2D eigenvalue weighted by Gasteiger charge is -2.24. The summed E-state index contributed by atoms with van der Waals surface area (Å²) in [6, 6.07) is -1.01. The van der Waals surface area contributed by atoms with Crippen molar-refractivity contribution in [1.82, 2.24) is 5.32 Å². The Balaban J connectivity index is 4.41. The van der Waals surface area contributed by atoms with E-state index in [9.17, 15) is 24.5 Å². The number of unbranched alkanes of at least 4 members (excludes halogenated alkanes) is 20. The number of hydrogen-bond donors (Lipinski definition) is 5. The predicted octanol–water partition coefficient (Wildman–Crippen LogP) is 11.6. The first kappa shape index (κ1) is 54.2.